The van der Waals surface area contributed by atoms with Crippen LogP contribution in [0.4, 0.5) is 5.69 Å². The van der Waals surface area contributed by atoms with Gasteiger partial charge in [0.2, 0.25) is 5.91 Å². The number of nitrogens with two attached hydrogens (primary N) is 1. The van der Waals surface area contributed by atoms with Crippen molar-refractivity contribution < 1.29 is 10.0 Å². The van der Waals surface area contributed by atoms with Crippen molar-refractivity contribution in [3.63, 3.8) is 0 Å². The molecule has 5 nitrogen and oxygen atoms in total. The molecule has 1 rings (SSSR count). The van der Waals surface area contributed by atoms with Crippen LogP contribution in [-0.2, 0) is 4.79 Å². The number of nitrogens with one attached hydrogen (secondary N) is 1. The second-order valence-corrected chi connectivity index (χ2v) is 5.50. The smallest absolute Gasteiger partial charge is 0.238 e. The monoisotopic (exact) mass is 291 g/mol. The first kappa shape index (κ1) is 17.0. The van der Waals surface area contributed by atoms with Gasteiger partial charge >= 0.3 is 0 Å². The predicted octanol–water partition coefficient (Wildman–Crippen LogP) is 3.10. The van der Waals surface area contributed by atoms with Gasteiger partial charge in [0.15, 0.2) is 5.84 Å². The summed E-state index contributed by atoms with van der Waals surface area (Å²) >= 11 is 0. The lowest BCUT2D eigenvalue weighted by molar-refractivity contribution is -0.122. The molecule has 0 fully saturated rings. The lowest BCUT2D eigenvalue weighted by atomic mass is 9.80. The molecule has 0 radical (unpaired) electrons. The fourth-order valence-electron chi connectivity index (χ4n) is 2.76. The molecule has 0 aromatic heterocycles. The summed E-state index contributed by atoms with van der Waals surface area (Å²) in [5, 5.41) is 15.0. The van der Waals surface area contributed by atoms with Crippen LogP contribution in [0, 0.1) is 26.2 Å². The van der Waals surface area contributed by atoms with Crippen LogP contribution in [0.1, 0.15) is 43.4 Å². The second kappa shape index (κ2) is 6.61. The molecule has 4 N–H and O–H groups in total. The van der Waals surface area contributed by atoms with Crippen LogP contribution in [0.5, 0.6) is 0 Å². The number of benzene rings is 1. The number of nitrogens with zero attached hydrogens (tertiary/aromatic N) is 1. The number of amides is 1. The third-order valence-electron chi connectivity index (χ3n) is 4.16. The number of carbonyl (C=O) groups excluding carboxylic acids is 1. The molecule has 0 saturated heterocycles. The molecule has 0 aliphatic heterocycles. The van der Waals surface area contributed by atoms with Gasteiger partial charge in [0, 0.05) is 5.69 Å². The maximum absolute atomic E-state index is 12.7. The highest BCUT2D eigenvalue weighted by Gasteiger charge is 2.40. The van der Waals surface area contributed by atoms with Gasteiger partial charge in [0.25, 0.3) is 0 Å². The number of amidine groups is 1. The Kier molecular flexibility index (Phi) is 5.35. The Morgan fingerprint density at radius 2 is 1.71 bits per heavy atom. The summed E-state index contributed by atoms with van der Waals surface area (Å²) in [4.78, 5) is 12.7. The summed E-state index contributed by atoms with van der Waals surface area (Å²) < 4.78 is 0. The van der Waals surface area contributed by atoms with Gasteiger partial charge in [-0.05, 0) is 44.7 Å². The zero-order valence-corrected chi connectivity index (χ0v) is 13.4. The normalized spacial score (nSPS) is 12.3. The third kappa shape index (κ3) is 3.17. The van der Waals surface area contributed by atoms with E-state index < -0.39 is 5.41 Å². The van der Waals surface area contributed by atoms with Crippen LogP contribution < -0.4 is 11.1 Å². The zero-order chi connectivity index (χ0) is 16.2. The van der Waals surface area contributed by atoms with E-state index >= 15 is 0 Å². The highest BCUT2D eigenvalue weighted by molar-refractivity contribution is 6.12. The number of oxime groups is 1. The van der Waals surface area contributed by atoms with Crippen molar-refractivity contribution in [3.8, 4) is 0 Å². The average Bonchev–Trinajstić information content (AvgIpc) is 2.44. The van der Waals surface area contributed by atoms with E-state index in [2.05, 4.69) is 10.5 Å². The Balaban J connectivity index is 3.21. The van der Waals surface area contributed by atoms with E-state index in [1.54, 1.807) is 0 Å². The molecule has 0 aliphatic rings. The summed E-state index contributed by atoms with van der Waals surface area (Å²) in [6.45, 7) is 9.65. The maximum Gasteiger partial charge on any atom is 0.238 e. The molecule has 0 bridgehead atoms. The second-order valence-electron chi connectivity index (χ2n) is 5.50. The van der Waals surface area contributed by atoms with Crippen molar-refractivity contribution in [2.24, 2.45) is 16.3 Å². The van der Waals surface area contributed by atoms with Crippen molar-refractivity contribution in [1.82, 2.24) is 0 Å². The van der Waals surface area contributed by atoms with E-state index in [1.165, 1.54) is 0 Å². The van der Waals surface area contributed by atoms with Crippen LogP contribution in [0.25, 0.3) is 0 Å². The van der Waals surface area contributed by atoms with Crippen LogP contribution in [0.15, 0.2) is 17.3 Å². The summed E-state index contributed by atoms with van der Waals surface area (Å²) in [5.74, 6) is -0.287. The fourth-order valence-corrected chi connectivity index (χ4v) is 2.76. The lowest BCUT2D eigenvalue weighted by Crippen LogP contribution is -2.46. The Morgan fingerprint density at radius 1 is 1.24 bits per heavy atom. The van der Waals surface area contributed by atoms with Gasteiger partial charge in [0.1, 0.15) is 5.41 Å². The first-order valence-electron chi connectivity index (χ1n) is 7.19. The maximum atomic E-state index is 12.7. The quantitative estimate of drug-likeness (QED) is 0.337. The van der Waals surface area contributed by atoms with Crippen LogP contribution in [-0.4, -0.2) is 17.0 Å². The Morgan fingerprint density at radius 3 is 2.10 bits per heavy atom. The van der Waals surface area contributed by atoms with E-state index in [0.717, 1.165) is 22.4 Å². The SMILES string of the molecule is CCC(CC)(C(=O)Nc1c(C)cc(C)cc1C)C(N)=NO. The van der Waals surface area contributed by atoms with E-state index in [9.17, 15) is 4.79 Å². The molecule has 0 spiro atoms. The molecule has 0 aliphatic carbocycles. The number of carbonyl (C=O) groups is 1. The number of hydrogen-bond acceptors (Lipinski definition) is 3. The van der Waals surface area contributed by atoms with Crippen molar-refractivity contribution >= 4 is 17.4 Å². The molecule has 0 heterocycles. The van der Waals surface area contributed by atoms with Crippen LogP contribution in [0.3, 0.4) is 0 Å². The molecule has 0 saturated carbocycles. The van der Waals surface area contributed by atoms with Gasteiger partial charge in [-0.3, -0.25) is 4.79 Å². The lowest BCUT2D eigenvalue weighted by Gasteiger charge is -2.29. The third-order valence-corrected chi connectivity index (χ3v) is 4.16. The van der Waals surface area contributed by atoms with E-state index in [1.807, 2.05) is 46.8 Å². The standard InChI is InChI=1S/C16H25N3O2/c1-6-16(7-2,14(17)19-21)15(20)18-13-11(4)8-10(3)9-12(13)5/h8-9,21H,6-7H2,1-5H3,(H2,17,19)(H,18,20). The largest absolute Gasteiger partial charge is 0.409 e. The van der Waals surface area contributed by atoms with Gasteiger partial charge in [-0.2, -0.15) is 0 Å². The summed E-state index contributed by atoms with van der Waals surface area (Å²) in [7, 11) is 0. The Labute approximate surface area is 126 Å². The number of aryl methyl sites for hydroxylation is 3. The highest BCUT2D eigenvalue weighted by Crippen LogP contribution is 2.30. The molecule has 21 heavy (non-hydrogen) atoms. The highest BCUT2D eigenvalue weighted by atomic mass is 16.4. The first-order valence-corrected chi connectivity index (χ1v) is 7.19. The minimum Gasteiger partial charge on any atom is -0.409 e. The minimum absolute atomic E-state index is 0.0487. The molecule has 1 aromatic carbocycles. The summed E-state index contributed by atoms with van der Waals surface area (Å²) in [5.41, 5.74) is 8.73. The molecule has 0 atom stereocenters. The molecule has 1 amide bonds. The number of rotatable bonds is 5. The first-order chi connectivity index (χ1) is 9.82. The van der Waals surface area contributed by atoms with E-state index in [-0.39, 0.29) is 11.7 Å². The van der Waals surface area contributed by atoms with Crippen molar-refractivity contribution in [3.05, 3.63) is 28.8 Å². The van der Waals surface area contributed by atoms with E-state index in [0.29, 0.717) is 12.8 Å². The molecular weight excluding hydrogens is 266 g/mol. The number of hydrogen-bond donors (Lipinski definition) is 3. The van der Waals surface area contributed by atoms with E-state index in [4.69, 9.17) is 10.9 Å². The Bertz CT molecular complexity index is 538. The minimum atomic E-state index is -0.988. The zero-order valence-electron chi connectivity index (χ0n) is 13.4. The van der Waals surface area contributed by atoms with Gasteiger partial charge in [-0.1, -0.05) is 36.7 Å². The van der Waals surface area contributed by atoms with Crippen molar-refractivity contribution in [2.75, 3.05) is 5.32 Å². The molecule has 116 valence electrons. The van der Waals surface area contributed by atoms with Crippen LogP contribution in [0.2, 0.25) is 0 Å². The molecule has 5 heteroatoms. The van der Waals surface area contributed by atoms with Gasteiger partial charge in [-0.25, -0.2) is 0 Å². The van der Waals surface area contributed by atoms with Gasteiger partial charge in [-0.15, -0.1) is 0 Å². The van der Waals surface area contributed by atoms with Crippen molar-refractivity contribution in [1.29, 1.82) is 0 Å². The summed E-state index contributed by atoms with van der Waals surface area (Å²) in [6.07, 6.45) is 0.935. The van der Waals surface area contributed by atoms with Gasteiger partial charge in [0.05, 0.1) is 0 Å². The summed E-state index contributed by atoms with van der Waals surface area (Å²) in [6, 6.07) is 4.04. The Hall–Kier alpha value is -2.04. The van der Waals surface area contributed by atoms with Crippen molar-refractivity contribution in [2.45, 2.75) is 47.5 Å². The predicted molar refractivity (Wildman–Crippen MR) is 85.7 cm³/mol. The van der Waals surface area contributed by atoms with Crippen LogP contribution >= 0.6 is 0 Å². The molecule has 1 aromatic rings. The topological polar surface area (TPSA) is 87.7 Å². The number of anilines is 1. The average molecular weight is 291 g/mol. The van der Waals surface area contributed by atoms with Gasteiger partial charge < -0.3 is 16.3 Å². The molecular formula is C16H25N3O2. The molecule has 0 unspecified atom stereocenters. The fraction of sp³-hybridized carbons (Fsp3) is 0.500.